The molecular weight excluding hydrogens is 447 g/mol. The van der Waals surface area contributed by atoms with E-state index in [1.54, 1.807) is 24.3 Å². The van der Waals surface area contributed by atoms with Crippen LogP contribution in [0.3, 0.4) is 0 Å². The van der Waals surface area contributed by atoms with Crippen LogP contribution in [-0.2, 0) is 17.8 Å². The predicted octanol–water partition coefficient (Wildman–Crippen LogP) is 4.80. The summed E-state index contributed by atoms with van der Waals surface area (Å²) >= 11 is 0. The number of nitrogens with zero attached hydrogens (tertiary/aromatic N) is 1. The molecule has 182 valence electrons. The Bertz CT molecular complexity index is 1310. The van der Waals surface area contributed by atoms with Crippen LogP contribution in [0.15, 0.2) is 65.1 Å². The average molecular weight is 477 g/mol. The van der Waals surface area contributed by atoms with E-state index in [0.29, 0.717) is 18.7 Å². The van der Waals surface area contributed by atoms with Gasteiger partial charge < -0.3 is 9.40 Å². The first-order chi connectivity index (χ1) is 17.0. The van der Waals surface area contributed by atoms with Crippen LogP contribution in [0.2, 0.25) is 0 Å². The van der Waals surface area contributed by atoms with Crippen LogP contribution in [0.25, 0.3) is 22.2 Å². The Labute approximate surface area is 203 Å². The first kappa shape index (κ1) is 24.2. The van der Waals surface area contributed by atoms with Crippen molar-refractivity contribution in [3.63, 3.8) is 0 Å². The number of halogens is 1. The molecule has 0 aliphatic carbocycles. The zero-order chi connectivity index (χ0) is 24.8. The van der Waals surface area contributed by atoms with E-state index in [-0.39, 0.29) is 23.9 Å². The van der Waals surface area contributed by atoms with E-state index < -0.39 is 5.91 Å². The lowest BCUT2D eigenvalue weighted by Gasteiger charge is -2.15. The van der Waals surface area contributed by atoms with E-state index in [1.807, 2.05) is 24.3 Å². The largest absolute Gasteiger partial charge is 0.454 e. The third-order valence-electron chi connectivity index (χ3n) is 6.02. The molecule has 0 spiro atoms. The van der Waals surface area contributed by atoms with Gasteiger partial charge in [0.2, 0.25) is 5.91 Å². The first-order valence-corrected chi connectivity index (χ1v) is 11.7. The fourth-order valence-corrected chi connectivity index (χ4v) is 4.06. The number of aromatic nitrogens is 1. The summed E-state index contributed by atoms with van der Waals surface area (Å²) in [5.74, 6) is -0.314. The van der Waals surface area contributed by atoms with Gasteiger partial charge in [-0.15, -0.1) is 0 Å². The smallest absolute Gasteiger partial charge is 0.305 e. The number of carbonyl (C=O) groups is 2. The molecule has 8 heteroatoms. The van der Waals surface area contributed by atoms with Crippen LogP contribution in [0.1, 0.15) is 42.1 Å². The van der Waals surface area contributed by atoms with E-state index >= 15 is 0 Å². The number of aromatic amines is 1. The van der Waals surface area contributed by atoms with Crippen molar-refractivity contribution < 1.29 is 18.4 Å². The van der Waals surface area contributed by atoms with E-state index in [0.717, 1.165) is 40.8 Å². The summed E-state index contributed by atoms with van der Waals surface area (Å²) in [7, 11) is 0. The molecule has 3 N–H and O–H groups in total. The molecule has 0 radical (unpaired) electrons. The van der Waals surface area contributed by atoms with E-state index in [1.165, 1.54) is 12.1 Å². The molecule has 2 aromatic carbocycles. The number of H-pyrrole nitrogens is 1. The maximum atomic E-state index is 13.4. The number of para-hydroxylation sites is 1. The van der Waals surface area contributed by atoms with Gasteiger partial charge in [-0.05, 0) is 73.1 Å². The molecule has 7 nitrogen and oxygen atoms in total. The number of hydrogen-bond acceptors (Lipinski definition) is 4. The summed E-state index contributed by atoms with van der Waals surface area (Å²) < 4.78 is 19.0. The Morgan fingerprint density at radius 1 is 0.971 bits per heavy atom. The predicted molar refractivity (Wildman–Crippen MR) is 133 cm³/mol. The van der Waals surface area contributed by atoms with Crippen LogP contribution in [0.4, 0.5) is 4.39 Å². The standard InChI is InChI=1S/C27H29FN4O3/c1-3-32(4-2)17-20-13-15-24(35-20)27(34)31-30-25(33)16-14-22-21-7-5-6-8-23(21)29-26(22)18-9-11-19(28)12-10-18/h5-13,15,29H,3-4,14,16-17H2,1-2H3,(H,30,33)(H,31,34). The number of fused-ring (bicyclic) bond motifs is 1. The van der Waals surface area contributed by atoms with Gasteiger partial charge in [-0.3, -0.25) is 25.3 Å². The molecule has 0 aliphatic heterocycles. The molecular formula is C27H29FN4O3. The molecule has 0 saturated carbocycles. The highest BCUT2D eigenvalue weighted by atomic mass is 19.1. The highest BCUT2D eigenvalue weighted by Gasteiger charge is 2.16. The van der Waals surface area contributed by atoms with Gasteiger partial charge in [0.1, 0.15) is 11.6 Å². The number of aryl methyl sites for hydroxylation is 1. The minimum Gasteiger partial charge on any atom is -0.454 e. The molecule has 0 bridgehead atoms. The summed E-state index contributed by atoms with van der Waals surface area (Å²) in [5, 5.41) is 1.000. The Morgan fingerprint density at radius 2 is 1.71 bits per heavy atom. The van der Waals surface area contributed by atoms with E-state index in [9.17, 15) is 14.0 Å². The normalized spacial score (nSPS) is 11.2. The first-order valence-electron chi connectivity index (χ1n) is 11.7. The fraction of sp³-hybridized carbons (Fsp3) is 0.259. The van der Waals surface area contributed by atoms with Crippen LogP contribution < -0.4 is 10.9 Å². The zero-order valence-electron chi connectivity index (χ0n) is 19.9. The number of hydrazine groups is 1. The minimum absolute atomic E-state index is 0.141. The van der Waals surface area contributed by atoms with Gasteiger partial charge in [0.05, 0.1) is 6.54 Å². The van der Waals surface area contributed by atoms with Crippen molar-refractivity contribution in [2.75, 3.05) is 13.1 Å². The second-order valence-electron chi connectivity index (χ2n) is 8.26. The van der Waals surface area contributed by atoms with Crippen molar-refractivity contribution in [1.29, 1.82) is 0 Å². The maximum absolute atomic E-state index is 13.4. The monoisotopic (exact) mass is 476 g/mol. The number of hydrogen-bond donors (Lipinski definition) is 3. The quantitative estimate of drug-likeness (QED) is 0.303. The zero-order valence-corrected chi connectivity index (χ0v) is 19.9. The van der Waals surface area contributed by atoms with E-state index in [2.05, 4.69) is 34.6 Å². The molecule has 0 aliphatic rings. The fourth-order valence-electron chi connectivity index (χ4n) is 4.06. The van der Waals surface area contributed by atoms with E-state index in [4.69, 9.17) is 4.42 Å². The lowest BCUT2D eigenvalue weighted by molar-refractivity contribution is -0.121. The second kappa shape index (κ2) is 11.0. The maximum Gasteiger partial charge on any atom is 0.305 e. The molecule has 0 atom stereocenters. The molecule has 4 rings (SSSR count). The van der Waals surface area contributed by atoms with Crippen molar-refractivity contribution in [2.45, 2.75) is 33.2 Å². The Balaban J connectivity index is 1.38. The minimum atomic E-state index is -0.511. The molecule has 4 aromatic rings. The highest BCUT2D eigenvalue weighted by Crippen LogP contribution is 2.31. The van der Waals surface area contributed by atoms with Gasteiger partial charge in [0.25, 0.3) is 0 Å². The molecule has 0 saturated heterocycles. The third kappa shape index (κ3) is 5.78. The SMILES string of the molecule is CCN(CC)Cc1ccc(C(=O)NNC(=O)CCc2c(-c3ccc(F)cc3)[nH]c3ccccc23)o1. The lowest BCUT2D eigenvalue weighted by Crippen LogP contribution is -2.41. The molecule has 2 heterocycles. The number of amides is 2. The molecule has 2 amide bonds. The van der Waals surface area contributed by atoms with Gasteiger partial charge in [-0.25, -0.2) is 4.39 Å². The van der Waals surface area contributed by atoms with Crippen molar-refractivity contribution in [3.05, 3.63) is 83.6 Å². The van der Waals surface area contributed by atoms with Gasteiger partial charge in [-0.2, -0.15) is 0 Å². The number of rotatable bonds is 9. The second-order valence-corrected chi connectivity index (χ2v) is 8.26. The van der Waals surface area contributed by atoms with Crippen molar-refractivity contribution in [2.24, 2.45) is 0 Å². The van der Waals surface area contributed by atoms with Crippen LogP contribution in [0.5, 0.6) is 0 Å². The van der Waals surface area contributed by atoms with Crippen LogP contribution in [-0.4, -0.2) is 34.8 Å². The van der Waals surface area contributed by atoms with Gasteiger partial charge >= 0.3 is 5.91 Å². The molecule has 0 fully saturated rings. The summed E-state index contributed by atoms with van der Waals surface area (Å²) in [5.41, 5.74) is 8.46. The van der Waals surface area contributed by atoms with Crippen LogP contribution >= 0.6 is 0 Å². The van der Waals surface area contributed by atoms with Crippen molar-refractivity contribution in [1.82, 2.24) is 20.7 Å². The lowest BCUT2D eigenvalue weighted by atomic mass is 10.0. The molecule has 35 heavy (non-hydrogen) atoms. The van der Waals surface area contributed by atoms with Gasteiger partial charge in [0.15, 0.2) is 5.76 Å². The Hall–Kier alpha value is -3.91. The third-order valence-corrected chi connectivity index (χ3v) is 6.02. The van der Waals surface area contributed by atoms with Gasteiger partial charge in [-0.1, -0.05) is 32.0 Å². The molecule has 2 aromatic heterocycles. The number of carbonyl (C=O) groups excluding carboxylic acids is 2. The number of nitrogens with one attached hydrogen (secondary N) is 3. The summed E-state index contributed by atoms with van der Waals surface area (Å²) in [6.07, 6.45) is 0.592. The van der Waals surface area contributed by atoms with Gasteiger partial charge in [0, 0.05) is 23.0 Å². The number of benzene rings is 2. The Kier molecular flexibility index (Phi) is 7.62. The summed E-state index contributed by atoms with van der Waals surface area (Å²) in [6, 6.07) is 17.4. The van der Waals surface area contributed by atoms with Crippen LogP contribution in [0, 0.1) is 5.82 Å². The highest BCUT2D eigenvalue weighted by molar-refractivity contribution is 5.93. The number of furan rings is 1. The molecule has 0 unspecified atom stereocenters. The van der Waals surface area contributed by atoms with Crippen molar-refractivity contribution in [3.8, 4) is 11.3 Å². The average Bonchev–Trinajstić information content (AvgIpc) is 3.50. The topological polar surface area (TPSA) is 90.4 Å². The summed E-state index contributed by atoms with van der Waals surface area (Å²) in [6.45, 7) is 6.51. The summed E-state index contributed by atoms with van der Waals surface area (Å²) in [4.78, 5) is 30.5. The van der Waals surface area contributed by atoms with Crippen molar-refractivity contribution >= 4 is 22.7 Å². The Morgan fingerprint density at radius 3 is 2.46 bits per heavy atom.